The lowest BCUT2D eigenvalue weighted by atomic mass is 10.2. The zero-order chi connectivity index (χ0) is 12.9. The molecule has 0 aliphatic carbocycles. The van der Waals surface area contributed by atoms with Gasteiger partial charge in [0.1, 0.15) is 5.75 Å². The number of ether oxygens (including phenoxy) is 1. The first-order chi connectivity index (χ1) is 7.94. The number of benzene rings is 1. The van der Waals surface area contributed by atoms with Crippen LogP contribution in [0.1, 0.15) is 12.5 Å². The lowest BCUT2D eigenvalue weighted by Gasteiger charge is -2.09. The van der Waals surface area contributed by atoms with Gasteiger partial charge in [-0.05, 0) is 37.6 Å². The van der Waals surface area contributed by atoms with E-state index in [9.17, 15) is 13.5 Å². The molecule has 1 rings (SSSR count). The fraction of sp³-hybridized carbons (Fsp3) is 0.455. The lowest BCUT2D eigenvalue weighted by molar-refractivity contribution is 0.163. The van der Waals surface area contributed by atoms with Gasteiger partial charge in [-0.3, -0.25) is 4.72 Å². The first kappa shape index (κ1) is 13.8. The summed E-state index contributed by atoms with van der Waals surface area (Å²) in [6.45, 7) is 4.17. The first-order valence-electron chi connectivity index (χ1n) is 5.32. The van der Waals surface area contributed by atoms with Crippen LogP contribution in [0.5, 0.6) is 5.75 Å². The van der Waals surface area contributed by atoms with Crippen molar-refractivity contribution in [1.82, 2.24) is 0 Å². The van der Waals surface area contributed by atoms with E-state index in [2.05, 4.69) is 4.72 Å². The SMILES string of the molecule is CCOCCS(=O)(=O)Nc1ccc(O)c(C)c1. The van der Waals surface area contributed by atoms with Crippen LogP contribution in [0.15, 0.2) is 18.2 Å². The second kappa shape index (κ2) is 5.88. The highest BCUT2D eigenvalue weighted by molar-refractivity contribution is 7.92. The molecule has 0 saturated heterocycles. The molecule has 0 amide bonds. The highest BCUT2D eigenvalue weighted by atomic mass is 32.2. The normalized spacial score (nSPS) is 11.4. The van der Waals surface area contributed by atoms with Crippen molar-refractivity contribution < 1.29 is 18.3 Å². The molecule has 1 aromatic rings. The molecule has 96 valence electrons. The lowest BCUT2D eigenvalue weighted by Crippen LogP contribution is -2.20. The third-order valence-corrected chi connectivity index (χ3v) is 3.42. The quantitative estimate of drug-likeness (QED) is 0.599. The molecule has 0 aromatic heterocycles. The summed E-state index contributed by atoms with van der Waals surface area (Å²) >= 11 is 0. The molecule has 17 heavy (non-hydrogen) atoms. The van der Waals surface area contributed by atoms with Gasteiger partial charge in [0.05, 0.1) is 12.4 Å². The van der Waals surface area contributed by atoms with Crippen LogP contribution in [0.2, 0.25) is 0 Å². The van der Waals surface area contributed by atoms with Crippen molar-refractivity contribution in [2.45, 2.75) is 13.8 Å². The Bertz CT molecular complexity index is 470. The number of hydrogen-bond acceptors (Lipinski definition) is 4. The fourth-order valence-electron chi connectivity index (χ4n) is 1.26. The van der Waals surface area contributed by atoms with Crippen LogP contribution in [0.25, 0.3) is 0 Å². The summed E-state index contributed by atoms with van der Waals surface area (Å²) in [5.41, 5.74) is 1.06. The van der Waals surface area contributed by atoms with Gasteiger partial charge in [-0.25, -0.2) is 8.42 Å². The van der Waals surface area contributed by atoms with Crippen LogP contribution in [0.4, 0.5) is 5.69 Å². The number of rotatable bonds is 6. The van der Waals surface area contributed by atoms with Gasteiger partial charge in [-0.2, -0.15) is 0 Å². The third-order valence-electron chi connectivity index (χ3n) is 2.17. The maximum atomic E-state index is 11.6. The average molecular weight is 259 g/mol. The average Bonchev–Trinajstić information content (AvgIpc) is 2.23. The number of sulfonamides is 1. The van der Waals surface area contributed by atoms with Crippen molar-refractivity contribution in [2.24, 2.45) is 0 Å². The molecule has 0 aliphatic heterocycles. The number of nitrogens with one attached hydrogen (secondary N) is 1. The standard InChI is InChI=1S/C11H17NO4S/c1-3-16-6-7-17(14,15)12-10-4-5-11(13)9(2)8-10/h4-5,8,12-13H,3,6-7H2,1-2H3. The first-order valence-corrected chi connectivity index (χ1v) is 6.97. The summed E-state index contributed by atoms with van der Waals surface area (Å²) in [6.07, 6.45) is 0. The summed E-state index contributed by atoms with van der Waals surface area (Å²) in [4.78, 5) is 0. The minimum Gasteiger partial charge on any atom is -0.508 e. The van der Waals surface area contributed by atoms with Crippen LogP contribution < -0.4 is 4.72 Å². The van der Waals surface area contributed by atoms with Gasteiger partial charge in [0.15, 0.2) is 0 Å². The second-order valence-corrected chi connectivity index (χ2v) is 5.46. The predicted molar refractivity (Wildman–Crippen MR) is 66.7 cm³/mol. The van der Waals surface area contributed by atoms with Crippen LogP contribution in [-0.2, 0) is 14.8 Å². The maximum Gasteiger partial charge on any atom is 0.234 e. The molecule has 0 bridgehead atoms. The van der Waals surface area contributed by atoms with E-state index in [0.717, 1.165) is 0 Å². The van der Waals surface area contributed by atoms with E-state index in [-0.39, 0.29) is 18.1 Å². The number of phenolic OH excluding ortho intramolecular Hbond substituents is 1. The molecule has 0 spiro atoms. The molecule has 5 nitrogen and oxygen atoms in total. The molecular weight excluding hydrogens is 242 g/mol. The van der Waals surface area contributed by atoms with E-state index in [4.69, 9.17) is 4.74 Å². The number of hydrogen-bond donors (Lipinski definition) is 2. The van der Waals surface area contributed by atoms with Crippen molar-refractivity contribution in [3.8, 4) is 5.75 Å². The van der Waals surface area contributed by atoms with Gasteiger partial charge < -0.3 is 9.84 Å². The number of aryl methyl sites for hydroxylation is 1. The van der Waals surface area contributed by atoms with Crippen molar-refractivity contribution in [3.63, 3.8) is 0 Å². The molecule has 0 saturated carbocycles. The van der Waals surface area contributed by atoms with Crippen molar-refractivity contribution >= 4 is 15.7 Å². The van der Waals surface area contributed by atoms with Gasteiger partial charge in [0, 0.05) is 12.3 Å². The molecule has 0 heterocycles. The Morgan fingerprint density at radius 1 is 1.41 bits per heavy atom. The summed E-state index contributed by atoms with van der Waals surface area (Å²) in [5.74, 6) is 0.0584. The van der Waals surface area contributed by atoms with Crippen LogP contribution in [0, 0.1) is 6.92 Å². The Hall–Kier alpha value is -1.27. The topological polar surface area (TPSA) is 75.6 Å². The van der Waals surface area contributed by atoms with Crippen LogP contribution in [-0.4, -0.2) is 32.5 Å². The molecule has 0 radical (unpaired) electrons. The highest BCUT2D eigenvalue weighted by Crippen LogP contribution is 2.20. The predicted octanol–water partition coefficient (Wildman–Crippen LogP) is 1.48. The summed E-state index contributed by atoms with van der Waals surface area (Å²) in [5, 5.41) is 9.32. The molecule has 2 N–H and O–H groups in total. The Morgan fingerprint density at radius 2 is 2.12 bits per heavy atom. The molecule has 1 aromatic carbocycles. The Balaban J connectivity index is 2.66. The molecule has 6 heteroatoms. The number of aromatic hydroxyl groups is 1. The molecule has 0 atom stereocenters. The summed E-state index contributed by atoms with van der Waals surface area (Å²) < 4.78 is 30.7. The van der Waals surface area contributed by atoms with Crippen LogP contribution >= 0.6 is 0 Å². The zero-order valence-electron chi connectivity index (χ0n) is 9.93. The van der Waals surface area contributed by atoms with E-state index in [0.29, 0.717) is 17.9 Å². The molecule has 0 unspecified atom stereocenters. The van der Waals surface area contributed by atoms with Crippen LogP contribution in [0.3, 0.4) is 0 Å². The zero-order valence-corrected chi connectivity index (χ0v) is 10.8. The minimum absolute atomic E-state index is 0.0826. The van der Waals surface area contributed by atoms with Gasteiger partial charge in [-0.1, -0.05) is 0 Å². The molecular formula is C11H17NO4S. The van der Waals surface area contributed by atoms with Crippen molar-refractivity contribution in [3.05, 3.63) is 23.8 Å². The summed E-state index contributed by atoms with van der Waals surface area (Å²) in [6, 6.07) is 4.55. The second-order valence-electron chi connectivity index (χ2n) is 3.62. The van der Waals surface area contributed by atoms with Gasteiger partial charge >= 0.3 is 0 Å². The van der Waals surface area contributed by atoms with E-state index in [1.165, 1.54) is 12.1 Å². The maximum absolute atomic E-state index is 11.6. The molecule has 0 aliphatic rings. The number of phenols is 1. The Kier molecular flexibility index (Phi) is 4.77. The van der Waals surface area contributed by atoms with Gasteiger partial charge in [0.25, 0.3) is 0 Å². The number of anilines is 1. The van der Waals surface area contributed by atoms with E-state index < -0.39 is 10.0 Å². The van der Waals surface area contributed by atoms with Crippen molar-refractivity contribution in [1.29, 1.82) is 0 Å². The largest absolute Gasteiger partial charge is 0.508 e. The monoisotopic (exact) mass is 259 g/mol. The fourth-order valence-corrected chi connectivity index (χ4v) is 2.19. The third kappa shape index (κ3) is 4.62. The van der Waals surface area contributed by atoms with E-state index in [1.807, 2.05) is 6.92 Å². The Labute approximate surface area is 101 Å². The van der Waals surface area contributed by atoms with E-state index in [1.54, 1.807) is 13.0 Å². The van der Waals surface area contributed by atoms with Gasteiger partial charge in [-0.15, -0.1) is 0 Å². The summed E-state index contributed by atoms with van der Waals surface area (Å²) in [7, 11) is -3.39. The Morgan fingerprint density at radius 3 is 2.71 bits per heavy atom. The van der Waals surface area contributed by atoms with Gasteiger partial charge in [0.2, 0.25) is 10.0 Å². The smallest absolute Gasteiger partial charge is 0.234 e. The van der Waals surface area contributed by atoms with Crippen molar-refractivity contribution in [2.75, 3.05) is 23.7 Å². The van der Waals surface area contributed by atoms with E-state index >= 15 is 0 Å². The highest BCUT2D eigenvalue weighted by Gasteiger charge is 2.10. The molecule has 0 fully saturated rings. The minimum atomic E-state index is -3.39.